The van der Waals surface area contributed by atoms with Crippen molar-refractivity contribution in [2.75, 3.05) is 0 Å². The predicted octanol–water partition coefficient (Wildman–Crippen LogP) is 5.20. The number of nitrogens with zero attached hydrogens (tertiary/aromatic N) is 2. The number of nitrogens with one attached hydrogen (secondary N) is 1. The molecular formula is C26H24FN3O2. The predicted molar refractivity (Wildman–Crippen MR) is 120 cm³/mol. The normalized spacial score (nSPS) is 11.3. The second-order valence-electron chi connectivity index (χ2n) is 7.88. The number of carbonyl (C=O) groups excluding carboxylic acids is 1. The van der Waals surface area contributed by atoms with Gasteiger partial charge in [0.1, 0.15) is 5.82 Å². The van der Waals surface area contributed by atoms with Crippen LogP contribution in [0.1, 0.15) is 35.9 Å². The van der Waals surface area contributed by atoms with E-state index in [1.165, 1.54) is 6.07 Å². The van der Waals surface area contributed by atoms with Gasteiger partial charge in [-0.15, -0.1) is 0 Å². The second kappa shape index (κ2) is 9.14. The molecule has 4 aromatic rings. The lowest BCUT2D eigenvalue weighted by Gasteiger charge is -2.32. The molecule has 0 fully saturated rings. The molecule has 1 amide bonds. The Morgan fingerprint density at radius 1 is 1.00 bits per heavy atom. The van der Waals surface area contributed by atoms with Crippen LogP contribution in [0.2, 0.25) is 0 Å². The summed E-state index contributed by atoms with van der Waals surface area (Å²) in [5.74, 6) is 0.326. The van der Waals surface area contributed by atoms with Crippen LogP contribution >= 0.6 is 0 Å². The van der Waals surface area contributed by atoms with Crippen molar-refractivity contribution in [3.8, 4) is 11.4 Å². The van der Waals surface area contributed by atoms with Crippen LogP contribution in [0.5, 0.6) is 0 Å². The number of amides is 1. The van der Waals surface area contributed by atoms with Crippen molar-refractivity contribution in [1.82, 2.24) is 15.5 Å². The van der Waals surface area contributed by atoms with E-state index in [9.17, 15) is 9.18 Å². The minimum atomic E-state index is -0.675. The van der Waals surface area contributed by atoms with Crippen molar-refractivity contribution < 1.29 is 13.7 Å². The van der Waals surface area contributed by atoms with Crippen LogP contribution in [0.3, 0.4) is 0 Å². The standard InChI is InChI=1S/C26H24FN3O2/c1-18-17-19(13-14-22(18)27)25-28-24(32-30-25)16-15-23(31)29-26(2,20-9-5-3-6-10-20)21-11-7-4-8-12-21/h3-14,17H,15-16H2,1-2H3,(H,29,31). The van der Waals surface area contributed by atoms with Gasteiger partial charge in [-0.25, -0.2) is 4.39 Å². The number of hydrogen-bond donors (Lipinski definition) is 1. The van der Waals surface area contributed by atoms with Gasteiger partial charge in [-0.2, -0.15) is 4.98 Å². The maximum absolute atomic E-state index is 13.5. The van der Waals surface area contributed by atoms with Gasteiger partial charge in [0.15, 0.2) is 0 Å². The van der Waals surface area contributed by atoms with Gasteiger partial charge in [0.25, 0.3) is 0 Å². The smallest absolute Gasteiger partial charge is 0.227 e. The lowest BCUT2D eigenvalue weighted by atomic mass is 9.84. The molecule has 0 aliphatic rings. The Morgan fingerprint density at radius 2 is 1.62 bits per heavy atom. The van der Waals surface area contributed by atoms with Crippen molar-refractivity contribution in [2.24, 2.45) is 0 Å². The third kappa shape index (κ3) is 4.59. The number of benzene rings is 3. The van der Waals surface area contributed by atoms with Crippen LogP contribution in [0.25, 0.3) is 11.4 Å². The van der Waals surface area contributed by atoms with Crippen LogP contribution in [0.4, 0.5) is 4.39 Å². The number of hydrogen-bond acceptors (Lipinski definition) is 4. The molecule has 0 bridgehead atoms. The van der Waals surface area contributed by atoms with E-state index >= 15 is 0 Å². The van der Waals surface area contributed by atoms with Crippen LogP contribution in [-0.4, -0.2) is 16.0 Å². The third-order valence-corrected chi connectivity index (χ3v) is 5.54. The first kappa shape index (κ1) is 21.4. The molecule has 5 nitrogen and oxygen atoms in total. The molecule has 162 valence electrons. The van der Waals surface area contributed by atoms with E-state index in [-0.39, 0.29) is 18.1 Å². The van der Waals surface area contributed by atoms with E-state index in [2.05, 4.69) is 15.5 Å². The SMILES string of the molecule is Cc1cc(-c2noc(CCC(=O)NC(C)(c3ccccc3)c3ccccc3)n2)ccc1F. The second-order valence-corrected chi connectivity index (χ2v) is 7.88. The van der Waals surface area contributed by atoms with Crippen LogP contribution in [0, 0.1) is 12.7 Å². The third-order valence-electron chi connectivity index (χ3n) is 5.54. The van der Waals surface area contributed by atoms with Gasteiger partial charge < -0.3 is 9.84 Å². The fourth-order valence-electron chi connectivity index (χ4n) is 3.67. The lowest BCUT2D eigenvalue weighted by Crippen LogP contribution is -2.44. The molecule has 4 rings (SSSR count). The zero-order chi connectivity index (χ0) is 22.6. The van der Waals surface area contributed by atoms with Crippen molar-refractivity contribution in [3.63, 3.8) is 0 Å². The molecule has 0 atom stereocenters. The molecule has 0 saturated heterocycles. The lowest BCUT2D eigenvalue weighted by molar-refractivity contribution is -0.122. The fraction of sp³-hybridized carbons (Fsp3) is 0.192. The fourth-order valence-corrected chi connectivity index (χ4v) is 3.67. The topological polar surface area (TPSA) is 68.0 Å². The van der Waals surface area contributed by atoms with Crippen LogP contribution in [-0.2, 0) is 16.8 Å². The number of halogens is 1. The van der Waals surface area contributed by atoms with Crippen LogP contribution in [0.15, 0.2) is 83.4 Å². The molecular weight excluding hydrogens is 405 g/mol. The summed E-state index contributed by atoms with van der Waals surface area (Å²) in [6.07, 6.45) is 0.498. The maximum Gasteiger partial charge on any atom is 0.227 e. The first-order chi connectivity index (χ1) is 15.5. The highest BCUT2D eigenvalue weighted by atomic mass is 19.1. The highest BCUT2D eigenvalue weighted by molar-refractivity contribution is 5.78. The minimum Gasteiger partial charge on any atom is -0.343 e. The monoisotopic (exact) mass is 429 g/mol. The molecule has 3 aromatic carbocycles. The number of carbonyl (C=O) groups is 1. The minimum absolute atomic E-state index is 0.127. The number of aromatic nitrogens is 2. The maximum atomic E-state index is 13.5. The quantitative estimate of drug-likeness (QED) is 0.439. The molecule has 6 heteroatoms. The molecule has 0 spiro atoms. The average molecular weight is 429 g/mol. The summed E-state index contributed by atoms with van der Waals surface area (Å²) in [6.45, 7) is 3.68. The molecule has 0 aliphatic carbocycles. The number of rotatable bonds is 7. The van der Waals surface area contributed by atoms with E-state index in [4.69, 9.17) is 4.52 Å². The highest BCUT2D eigenvalue weighted by Crippen LogP contribution is 2.29. The molecule has 1 N–H and O–H groups in total. The summed E-state index contributed by atoms with van der Waals surface area (Å²) >= 11 is 0. The van der Waals surface area contributed by atoms with E-state index < -0.39 is 5.54 Å². The summed E-state index contributed by atoms with van der Waals surface area (Å²) in [4.78, 5) is 17.3. The van der Waals surface area contributed by atoms with E-state index in [0.717, 1.165) is 11.1 Å². The zero-order valence-electron chi connectivity index (χ0n) is 18.0. The summed E-state index contributed by atoms with van der Waals surface area (Å²) in [7, 11) is 0. The van der Waals surface area contributed by atoms with Crippen LogP contribution < -0.4 is 5.32 Å². The Hall–Kier alpha value is -3.80. The van der Waals surface area contributed by atoms with Crippen molar-refractivity contribution >= 4 is 5.91 Å². The summed E-state index contributed by atoms with van der Waals surface area (Å²) in [6, 6.07) is 24.4. The van der Waals surface area contributed by atoms with Gasteiger partial charge in [-0.3, -0.25) is 4.79 Å². The molecule has 1 aromatic heterocycles. The average Bonchev–Trinajstić information content (AvgIpc) is 3.30. The van der Waals surface area contributed by atoms with Gasteiger partial charge in [-0.05, 0) is 48.7 Å². The summed E-state index contributed by atoms with van der Waals surface area (Å²) < 4.78 is 18.8. The summed E-state index contributed by atoms with van der Waals surface area (Å²) in [5.41, 5.74) is 2.49. The van der Waals surface area contributed by atoms with Gasteiger partial charge in [0.05, 0.1) is 5.54 Å². The Balaban J connectivity index is 1.47. The molecule has 0 radical (unpaired) electrons. The molecule has 0 unspecified atom stereocenters. The molecule has 1 heterocycles. The first-order valence-corrected chi connectivity index (χ1v) is 10.5. The highest BCUT2D eigenvalue weighted by Gasteiger charge is 2.30. The van der Waals surface area contributed by atoms with Crippen molar-refractivity contribution in [1.29, 1.82) is 0 Å². The Morgan fingerprint density at radius 3 is 2.22 bits per heavy atom. The summed E-state index contributed by atoms with van der Waals surface area (Å²) in [5, 5.41) is 7.14. The largest absolute Gasteiger partial charge is 0.343 e. The van der Waals surface area contributed by atoms with Crippen molar-refractivity contribution in [2.45, 2.75) is 32.2 Å². The number of aryl methyl sites for hydroxylation is 2. The Bertz CT molecular complexity index is 1170. The Labute approximate surface area is 186 Å². The molecule has 0 saturated carbocycles. The van der Waals surface area contributed by atoms with Gasteiger partial charge >= 0.3 is 0 Å². The van der Waals surface area contributed by atoms with Gasteiger partial charge in [-0.1, -0.05) is 65.8 Å². The van der Waals surface area contributed by atoms with E-state index in [0.29, 0.717) is 29.3 Å². The van der Waals surface area contributed by atoms with Gasteiger partial charge in [0, 0.05) is 18.4 Å². The Kier molecular flexibility index (Phi) is 6.12. The van der Waals surface area contributed by atoms with Crippen molar-refractivity contribution in [3.05, 3.63) is 107 Å². The molecule has 0 aliphatic heterocycles. The van der Waals surface area contributed by atoms with E-state index in [1.54, 1.807) is 19.1 Å². The molecule has 32 heavy (non-hydrogen) atoms. The first-order valence-electron chi connectivity index (χ1n) is 10.5. The van der Waals surface area contributed by atoms with E-state index in [1.807, 2.05) is 67.6 Å². The zero-order valence-corrected chi connectivity index (χ0v) is 18.0. The van der Waals surface area contributed by atoms with Gasteiger partial charge in [0.2, 0.25) is 17.6 Å².